The Balaban J connectivity index is 1.58. The Morgan fingerprint density at radius 3 is 3.10 bits per heavy atom. The zero-order valence-corrected chi connectivity index (χ0v) is 12.9. The SMILES string of the molecule is OC1CCCC(CNCc2cnc3cnc(Br)cn23)C1. The first-order chi connectivity index (χ1) is 9.72. The van der Waals surface area contributed by atoms with Crippen LogP contribution < -0.4 is 5.32 Å². The molecule has 1 aliphatic carbocycles. The number of aromatic nitrogens is 3. The van der Waals surface area contributed by atoms with Crippen molar-refractivity contribution in [1.29, 1.82) is 0 Å². The Morgan fingerprint density at radius 2 is 2.25 bits per heavy atom. The normalized spacial score (nSPS) is 23.3. The van der Waals surface area contributed by atoms with Crippen molar-refractivity contribution in [3.8, 4) is 0 Å². The summed E-state index contributed by atoms with van der Waals surface area (Å²) in [4.78, 5) is 8.50. The highest BCUT2D eigenvalue weighted by Crippen LogP contribution is 2.23. The van der Waals surface area contributed by atoms with Crippen molar-refractivity contribution in [2.75, 3.05) is 6.54 Å². The first-order valence-electron chi connectivity index (χ1n) is 7.08. The van der Waals surface area contributed by atoms with E-state index in [2.05, 4.69) is 31.2 Å². The van der Waals surface area contributed by atoms with Gasteiger partial charge in [-0.25, -0.2) is 9.97 Å². The number of aliphatic hydroxyl groups is 1. The van der Waals surface area contributed by atoms with Gasteiger partial charge in [0.2, 0.25) is 0 Å². The summed E-state index contributed by atoms with van der Waals surface area (Å²) in [5, 5.41) is 13.2. The quantitative estimate of drug-likeness (QED) is 0.896. The van der Waals surface area contributed by atoms with E-state index in [9.17, 15) is 5.11 Å². The summed E-state index contributed by atoms with van der Waals surface area (Å²) in [6.07, 6.45) is 9.71. The van der Waals surface area contributed by atoms with Gasteiger partial charge in [0, 0.05) is 12.7 Å². The van der Waals surface area contributed by atoms with Gasteiger partial charge in [0.1, 0.15) is 4.60 Å². The molecule has 6 heteroatoms. The molecule has 0 amide bonds. The van der Waals surface area contributed by atoms with Gasteiger partial charge in [-0.15, -0.1) is 0 Å². The minimum atomic E-state index is -0.103. The van der Waals surface area contributed by atoms with Crippen LogP contribution in [0, 0.1) is 5.92 Å². The van der Waals surface area contributed by atoms with Gasteiger partial charge in [0.15, 0.2) is 5.65 Å². The minimum absolute atomic E-state index is 0.103. The Hall–Kier alpha value is -0.980. The largest absolute Gasteiger partial charge is 0.393 e. The molecule has 108 valence electrons. The summed E-state index contributed by atoms with van der Waals surface area (Å²) in [7, 11) is 0. The highest BCUT2D eigenvalue weighted by Gasteiger charge is 2.19. The highest BCUT2D eigenvalue weighted by atomic mass is 79.9. The lowest BCUT2D eigenvalue weighted by Crippen LogP contribution is -2.29. The third-order valence-electron chi connectivity index (χ3n) is 3.94. The molecule has 2 unspecified atom stereocenters. The van der Waals surface area contributed by atoms with Crippen molar-refractivity contribution >= 4 is 21.6 Å². The van der Waals surface area contributed by atoms with Gasteiger partial charge in [0.05, 0.1) is 24.2 Å². The number of nitrogens with zero attached hydrogens (tertiary/aromatic N) is 3. The molecule has 5 nitrogen and oxygen atoms in total. The first-order valence-corrected chi connectivity index (χ1v) is 7.88. The van der Waals surface area contributed by atoms with Crippen LogP contribution in [-0.4, -0.2) is 32.1 Å². The van der Waals surface area contributed by atoms with Crippen molar-refractivity contribution in [3.63, 3.8) is 0 Å². The van der Waals surface area contributed by atoms with E-state index < -0.39 is 0 Å². The second kappa shape index (κ2) is 6.20. The zero-order valence-electron chi connectivity index (χ0n) is 11.3. The lowest BCUT2D eigenvalue weighted by Gasteiger charge is -2.25. The van der Waals surface area contributed by atoms with Crippen LogP contribution in [0.25, 0.3) is 5.65 Å². The van der Waals surface area contributed by atoms with Gasteiger partial charge in [-0.2, -0.15) is 0 Å². The van der Waals surface area contributed by atoms with E-state index in [1.54, 1.807) is 6.20 Å². The number of hydrogen-bond acceptors (Lipinski definition) is 4. The van der Waals surface area contributed by atoms with E-state index in [0.717, 1.165) is 48.3 Å². The Morgan fingerprint density at radius 1 is 1.35 bits per heavy atom. The molecule has 1 saturated carbocycles. The standard InChI is InChI=1S/C14H19BrN4O/c15-13-9-19-11(7-18-14(19)8-17-13)6-16-5-10-2-1-3-12(20)4-10/h7-10,12,16,20H,1-6H2. The third-order valence-corrected chi connectivity index (χ3v) is 4.34. The molecule has 2 heterocycles. The average molecular weight is 339 g/mol. The number of fused-ring (bicyclic) bond motifs is 1. The summed E-state index contributed by atoms with van der Waals surface area (Å²) in [6.45, 7) is 1.74. The summed E-state index contributed by atoms with van der Waals surface area (Å²) in [6, 6.07) is 0. The molecule has 2 aromatic rings. The van der Waals surface area contributed by atoms with Gasteiger partial charge in [0.25, 0.3) is 0 Å². The molecule has 1 fully saturated rings. The maximum absolute atomic E-state index is 9.68. The van der Waals surface area contributed by atoms with Crippen LogP contribution in [0.5, 0.6) is 0 Å². The first kappa shape index (κ1) is 14.0. The van der Waals surface area contributed by atoms with Gasteiger partial charge < -0.3 is 10.4 Å². The number of hydrogen-bond donors (Lipinski definition) is 2. The van der Waals surface area contributed by atoms with E-state index in [0.29, 0.717) is 5.92 Å². The minimum Gasteiger partial charge on any atom is -0.393 e. The molecule has 2 N–H and O–H groups in total. The Kier molecular flexibility index (Phi) is 4.33. The second-order valence-electron chi connectivity index (χ2n) is 5.51. The average Bonchev–Trinajstić information content (AvgIpc) is 2.82. The molecule has 0 aliphatic heterocycles. The van der Waals surface area contributed by atoms with Crippen LogP contribution in [0.2, 0.25) is 0 Å². The smallest absolute Gasteiger partial charge is 0.155 e. The van der Waals surface area contributed by atoms with Gasteiger partial charge in [-0.05, 0) is 47.7 Å². The molecule has 0 bridgehead atoms. The molecule has 20 heavy (non-hydrogen) atoms. The van der Waals surface area contributed by atoms with Gasteiger partial charge >= 0.3 is 0 Å². The van der Waals surface area contributed by atoms with E-state index in [-0.39, 0.29) is 6.10 Å². The Labute approximate surface area is 126 Å². The van der Waals surface area contributed by atoms with E-state index in [1.165, 1.54) is 6.42 Å². The molecule has 2 aromatic heterocycles. The fourth-order valence-electron chi connectivity index (χ4n) is 2.90. The van der Waals surface area contributed by atoms with E-state index in [1.807, 2.05) is 16.8 Å². The summed E-state index contributed by atoms with van der Waals surface area (Å²) in [5.74, 6) is 0.589. The fraction of sp³-hybridized carbons (Fsp3) is 0.571. The lowest BCUT2D eigenvalue weighted by atomic mass is 9.87. The van der Waals surface area contributed by atoms with Crippen LogP contribution in [0.1, 0.15) is 31.4 Å². The number of imidazole rings is 1. The summed E-state index contributed by atoms with van der Waals surface area (Å²) >= 11 is 3.38. The number of nitrogens with one attached hydrogen (secondary N) is 1. The van der Waals surface area contributed by atoms with Gasteiger partial charge in [-0.1, -0.05) is 6.42 Å². The van der Waals surface area contributed by atoms with Crippen LogP contribution >= 0.6 is 15.9 Å². The molecule has 3 rings (SSSR count). The number of aliphatic hydroxyl groups excluding tert-OH is 1. The van der Waals surface area contributed by atoms with Crippen LogP contribution in [0.4, 0.5) is 0 Å². The predicted molar refractivity (Wildman–Crippen MR) is 80.4 cm³/mol. The van der Waals surface area contributed by atoms with E-state index >= 15 is 0 Å². The topological polar surface area (TPSA) is 62.5 Å². The molecular formula is C14H19BrN4O. The summed E-state index contributed by atoms with van der Waals surface area (Å²) < 4.78 is 2.85. The second-order valence-corrected chi connectivity index (χ2v) is 6.32. The maximum atomic E-state index is 9.68. The zero-order chi connectivity index (χ0) is 13.9. The van der Waals surface area contributed by atoms with Crippen LogP contribution in [0.3, 0.4) is 0 Å². The van der Waals surface area contributed by atoms with Crippen LogP contribution in [-0.2, 0) is 6.54 Å². The predicted octanol–water partition coefficient (Wildman–Crippen LogP) is 2.13. The van der Waals surface area contributed by atoms with Crippen molar-refractivity contribution in [1.82, 2.24) is 19.7 Å². The number of halogens is 1. The molecular weight excluding hydrogens is 320 g/mol. The molecule has 0 radical (unpaired) electrons. The Bertz CT molecular complexity index is 586. The number of rotatable bonds is 4. The maximum Gasteiger partial charge on any atom is 0.155 e. The van der Waals surface area contributed by atoms with Crippen LogP contribution in [0.15, 0.2) is 23.2 Å². The van der Waals surface area contributed by atoms with Crippen molar-refractivity contribution in [2.45, 2.75) is 38.3 Å². The van der Waals surface area contributed by atoms with Gasteiger partial charge in [-0.3, -0.25) is 4.40 Å². The fourth-order valence-corrected chi connectivity index (χ4v) is 3.21. The lowest BCUT2D eigenvalue weighted by molar-refractivity contribution is 0.101. The van der Waals surface area contributed by atoms with Crippen molar-refractivity contribution in [2.24, 2.45) is 5.92 Å². The monoisotopic (exact) mass is 338 g/mol. The highest BCUT2D eigenvalue weighted by molar-refractivity contribution is 9.10. The van der Waals surface area contributed by atoms with E-state index in [4.69, 9.17) is 0 Å². The molecule has 0 aromatic carbocycles. The molecule has 2 atom stereocenters. The summed E-state index contributed by atoms with van der Waals surface area (Å²) in [5.41, 5.74) is 1.98. The molecule has 0 saturated heterocycles. The van der Waals surface area contributed by atoms with Crippen molar-refractivity contribution in [3.05, 3.63) is 28.9 Å². The molecule has 1 aliphatic rings. The van der Waals surface area contributed by atoms with Crippen molar-refractivity contribution < 1.29 is 5.11 Å². The molecule has 0 spiro atoms. The third kappa shape index (κ3) is 3.19.